The first-order chi connectivity index (χ1) is 8.10. The third-order valence-corrected chi connectivity index (χ3v) is 4.60. The molecule has 1 N–H and O–H groups in total. The van der Waals surface area contributed by atoms with Gasteiger partial charge in [0.25, 0.3) is 0 Å². The van der Waals surface area contributed by atoms with Crippen LogP contribution < -0.4 is 5.32 Å². The van der Waals surface area contributed by atoms with Crippen LogP contribution in [0.2, 0.25) is 0 Å². The third-order valence-electron chi connectivity index (χ3n) is 4.60. The summed E-state index contributed by atoms with van der Waals surface area (Å²) in [7, 11) is 0. The fourth-order valence-corrected chi connectivity index (χ4v) is 3.00. The number of piperidine rings is 1. The highest BCUT2D eigenvalue weighted by Gasteiger charge is 2.29. The summed E-state index contributed by atoms with van der Waals surface area (Å²) in [4.78, 5) is 2.72. The summed E-state index contributed by atoms with van der Waals surface area (Å²) in [5.74, 6) is 0.817. The summed E-state index contributed by atoms with van der Waals surface area (Å²) in [5.41, 5.74) is 0. The van der Waals surface area contributed by atoms with Gasteiger partial charge in [-0.2, -0.15) is 0 Å². The number of rotatable bonds is 6. The fourth-order valence-electron chi connectivity index (χ4n) is 3.00. The van der Waals surface area contributed by atoms with Crippen molar-refractivity contribution in [2.24, 2.45) is 5.92 Å². The van der Waals surface area contributed by atoms with Gasteiger partial charge in [-0.25, -0.2) is 0 Å². The summed E-state index contributed by atoms with van der Waals surface area (Å²) in [6, 6.07) is 2.23. The van der Waals surface area contributed by atoms with E-state index in [1.807, 2.05) is 0 Å². The first-order valence-corrected chi connectivity index (χ1v) is 7.59. The molecule has 0 aromatic carbocycles. The molecular weight excluding hydrogens is 208 g/mol. The van der Waals surface area contributed by atoms with Gasteiger partial charge in [0.2, 0.25) is 0 Å². The molecule has 0 aromatic heterocycles. The largest absolute Gasteiger partial charge is 0.314 e. The van der Waals surface area contributed by atoms with Crippen LogP contribution in [0.3, 0.4) is 0 Å². The van der Waals surface area contributed by atoms with Crippen LogP contribution in [0.5, 0.6) is 0 Å². The van der Waals surface area contributed by atoms with E-state index < -0.39 is 0 Å². The molecule has 0 radical (unpaired) electrons. The zero-order chi connectivity index (χ0) is 12.8. The smallest absolute Gasteiger partial charge is 0.00952 e. The van der Waals surface area contributed by atoms with E-state index in [0.29, 0.717) is 0 Å². The van der Waals surface area contributed by atoms with Gasteiger partial charge in [-0.15, -0.1) is 0 Å². The lowest BCUT2D eigenvalue weighted by Crippen LogP contribution is -2.52. The Balaban J connectivity index is 2.41. The summed E-state index contributed by atoms with van der Waals surface area (Å²) in [6.07, 6.45) is 5.19. The molecule has 0 amide bonds. The maximum absolute atomic E-state index is 3.68. The zero-order valence-electron chi connectivity index (χ0n) is 12.5. The molecule has 17 heavy (non-hydrogen) atoms. The SMILES string of the molecule is CCCNC1CCN(C(C)C(C)CC)C(C)C1. The number of likely N-dealkylation sites (tertiary alicyclic amines) is 1. The van der Waals surface area contributed by atoms with E-state index in [9.17, 15) is 0 Å². The van der Waals surface area contributed by atoms with E-state index in [-0.39, 0.29) is 0 Å². The first kappa shape index (κ1) is 15.0. The van der Waals surface area contributed by atoms with Gasteiger partial charge >= 0.3 is 0 Å². The second-order valence-electron chi connectivity index (χ2n) is 5.89. The van der Waals surface area contributed by atoms with Crippen LogP contribution in [-0.2, 0) is 0 Å². The topological polar surface area (TPSA) is 15.3 Å². The van der Waals surface area contributed by atoms with Crippen molar-refractivity contribution in [3.63, 3.8) is 0 Å². The third kappa shape index (κ3) is 4.26. The first-order valence-electron chi connectivity index (χ1n) is 7.59. The molecule has 4 atom stereocenters. The van der Waals surface area contributed by atoms with Gasteiger partial charge in [-0.3, -0.25) is 4.90 Å². The Labute approximate surface area is 108 Å². The van der Waals surface area contributed by atoms with Gasteiger partial charge in [0, 0.05) is 24.7 Å². The molecule has 102 valence electrons. The van der Waals surface area contributed by atoms with Crippen LogP contribution in [-0.4, -0.2) is 36.1 Å². The van der Waals surface area contributed by atoms with Gasteiger partial charge in [0.05, 0.1) is 0 Å². The van der Waals surface area contributed by atoms with E-state index >= 15 is 0 Å². The Morgan fingerprint density at radius 1 is 1.29 bits per heavy atom. The summed E-state index contributed by atoms with van der Waals surface area (Å²) >= 11 is 0. The maximum atomic E-state index is 3.68. The van der Waals surface area contributed by atoms with Crippen LogP contribution in [0.1, 0.15) is 60.3 Å². The lowest BCUT2D eigenvalue weighted by molar-refractivity contribution is 0.0687. The number of nitrogens with one attached hydrogen (secondary N) is 1. The predicted octanol–water partition coefficient (Wildman–Crippen LogP) is 3.27. The van der Waals surface area contributed by atoms with E-state index in [2.05, 4.69) is 44.8 Å². The highest BCUT2D eigenvalue weighted by molar-refractivity contribution is 4.86. The molecule has 0 aromatic rings. The minimum Gasteiger partial charge on any atom is -0.314 e. The molecule has 0 spiro atoms. The summed E-state index contributed by atoms with van der Waals surface area (Å²) < 4.78 is 0. The van der Waals surface area contributed by atoms with Crippen molar-refractivity contribution < 1.29 is 0 Å². The fraction of sp³-hybridized carbons (Fsp3) is 1.00. The molecule has 1 heterocycles. The minimum absolute atomic E-state index is 0.738. The lowest BCUT2D eigenvalue weighted by atomic mass is 9.92. The van der Waals surface area contributed by atoms with Gasteiger partial charge in [-0.05, 0) is 45.6 Å². The number of hydrogen-bond donors (Lipinski definition) is 1. The predicted molar refractivity (Wildman–Crippen MR) is 76.4 cm³/mol. The average Bonchev–Trinajstić information content (AvgIpc) is 2.34. The van der Waals surface area contributed by atoms with Crippen LogP contribution in [0.15, 0.2) is 0 Å². The molecular formula is C15H32N2. The molecule has 1 aliphatic heterocycles. The lowest BCUT2D eigenvalue weighted by Gasteiger charge is -2.43. The Morgan fingerprint density at radius 2 is 2.00 bits per heavy atom. The molecule has 4 unspecified atom stereocenters. The molecule has 0 aliphatic carbocycles. The van der Waals surface area contributed by atoms with Crippen molar-refractivity contribution in [1.29, 1.82) is 0 Å². The molecule has 1 saturated heterocycles. The van der Waals surface area contributed by atoms with Crippen molar-refractivity contribution in [1.82, 2.24) is 10.2 Å². The Kier molecular flexibility index (Phi) is 6.50. The minimum atomic E-state index is 0.738. The molecule has 1 rings (SSSR count). The van der Waals surface area contributed by atoms with Crippen molar-refractivity contribution in [3.05, 3.63) is 0 Å². The van der Waals surface area contributed by atoms with Crippen LogP contribution in [0, 0.1) is 5.92 Å². The second-order valence-corrected chi connectivity index (χ2v) is 5.89. The Bertz CT molecular complexity index is 205. The summed E-state index contributed by atoms with van der Waals surface area (Å²) in [6.45, 7) is 14.2. The maximum Gasteiger partial charge on any atom is 0.00952 e. The average molecular weight is 240 g/mol. The molecule has 2 nitrogen and oxygen atoms in total. The van der Waals surface area contributed by atoms with Crippen LogP contribution in [0.25, 0.3) is 0 Å². The van der Waals surface area contributed by atoms with Crippen molar-refractivity contribution in [2.75, 3.05) is 13.1 Å². The van der Waals surface area contributed by atoms with Gasteiger partial charge in [-0.1, -0.05) is 27.2 Å². The van der Waals surface area contributed by atoms with Gasteiger partial charge < -0.3 is 5.32 Å². The Hall–Kier alpha value is -0.0800. The molecule has 0 bridgehead atoms. The zero-order valence-corrected chi connectivity index (χ0v) is 12.5. The van der Waals surface area contributed by atoms with E-state index in [1.54, 1.807) is 0 Å². The van der Waals surface area contributed by atoms with Crippen molar-refractivity contribution in [3.8, 4) is 0 Å². The molecule has 2 heteroatoms. The second kappa shape index (κ2) is 7.38. The summed E-state index contributed by atoms with van der Waals surface area (Å²) in [5, 5.41) is 3.68. The molecule has 0 saturated carbocycles. The normalized spacial score (nSPS) is 30.2. The number of hydrogen-bond acceptors (Lipinski definition) is 2. The monoisotopic (exact) mass is 240 g/mol. The highest BCUT2D eigenvalue weighted by atomic mass is 15.2. The van der Waals surface area contributed by atoms with Crippen molar-refractivity contribution in [2.45, 2.75) is 78.4 Å². The number of nitrogens with zero attached hydrogens (tertiary/aromatic N) is 1. The van der Waals surface area contributed by atoms with Gasteiger partial charge in [0.15, 0.2) is 0 Å². The van der Waals surface area contributed by atoms with E-state index in [4.69, 9.17) is 0 Å². The van der Waals surface area contributed by atoms with Crippen LogP contribution >= 0.6 is 0 Å². The van der Waals surface area contributed by atoms with Crippen LogP contribution in [0.4, 0.5) is 0 Å². The van der Waals surface area contributed by atoms with E-state index in [1.165, 1.54) is 38.8 Å². The molecule has 1 fully saturated rings. The highest BCUT2D eigenvalue weighted by Crippen LogP contribution is 2.24. The molecule has 1 aliphatic rings. The van der Waals surface area contributed by atoms with E-state index in [0.717, 1.165) is 24.0 Å². The van der Waals surface area contributed by atoms with Crippen molar-refractivity contribution >= 4 is 0 Å². The Morgan fingerprint density at radius 3 is 2.53 bits per heavy atom. The quantitative estimate of drug-likeness (QED) is 0.766. The van der Waals surface area contributed by atoms with Gasteiger partial charge in [0.1, 0.15) is 0 Å². The standard InChI is InChI=1S/C15H32N2/c1-6-9-16-15-8-10-17(13(4)11-15)14(5)12(3)7-2/h12-16H,6-11H2,1-5H3.